The molecule has 0 aromatic heterocycles. The predicted molar refractivity (Wildman–Crippen MR) is 59.3 cm³/mol. The molecular weight excluding hydrogens is 238 g/mol. The molecule has 0 aromatic rings. The van der Waals surface area contributed by atoms with Crippen LogP contribution in [0.3, 0.4) is 0 Å². The standard InChI is InChI=1S/C12H17NO5/c1-6(2)4-11-8-12(16,9(15)13-11)7(14)5-10(3,17-8)18-11/h6,8,16H,4-5H2,1-3H3,(H,13,15)/t8-,10+,11?,12-/m1/s1. The Hall–Kier alpha value is -0.980. The van der Waals surface area contributed by atoms with E-state index in [9.17, 15) is 14.7 Å². The summed E-state index contributed by atoms with van der Waals surface area (Å²) < 4.78 is 11.5. The van der Waals surface area contributed by atoms with Gasteiger partial charge in [-0.25, -0.2) is 0 Å². The van der Waals surface area contributed by atoms with E-state index in [0.29, 0.717) is 6.42 Å². The Morgan fingerprint density at radius 2 is 2.17 bits per heavy atom. The summed E-state index contributed by atoms with van der Waals surface area (Å²) in [4.78, 5) is 23.9. The van der Waals surface area contributed by atoms with Crippen molar-refractivity contribution in [2.24, 2.45) is 5.92 Å². The molecule has 2 bridgehead atoms. The number of ketones is 1. The van der Waals surface area contributed by atoms with Gasteiger partial charge in [-0.2, -0.15) is 0 Å². The Morgan fingerprint density at radius 1 is 1.50 bits per heavy atom. The van der Waals surface area contributed by atoms with Crippen LogP contribution in [0.5, 0.6) is 0 Å². The molecule has 6 nitrogen and oxygen atoms in total. The fraction of sp³-hybridized carbons (Fsp3) is 0.833. The lowest BCUT2D eigenvalue weighted by molar-refractivity contribution is -0.223. The van der Waals surface area contributed by atoms with Crippen LogP contribution in [0.4, 0.5) is 0 Å². The van der Waals surface area contributed by atoms with Crippen molar-refractivity contribution in [2.75, 3.05) is 0 Å². The van der Waals surface area contributed by atoms with E-state index in [1.165, 1.54) is 0 Å². The summed E-state index contributed by atoms with van der Waals surface area (Å²) in [5, 5.41) is 13.0. The van der Waals surface area contributed by atoms with Crippen LogP contribution in [0.25, 0.3) is 0 Å². The lowest BCUT2D eigenvalue weighted by Gasteiger charge is -2.34. The molecule has 3 aliphatic heterocycles. The second kappa shape index (κ2) is 3.12. The summed E-state index contributed by atoms with van der Waals surface area (Å²) >= 11 is 0. The van der Waals surface area contributed by atoms with Crippen LogP contribution in [0.15, 0.2) is 0 Å². The van der Waals surface area contributed by atoms with E-state index >= 15 is 0 Å². The lowest BCUT2D eigenvalue weighted by atomic mass is 9.83. The van der Waals surface area contributed by atoms with Crippen molar-refractivity contribution in [3.8, 4) is 0 Å². The van der Waals surface area contributed by atoms with Crippen LogP contribution in [0.1, 0.15) is 33.6 Å². The van der Waals surface area contributed by atoms with Crippen molar-refractivity contribution in [1.82, 2.24) is 5.32 Å². The van der Waals surface area contributed by atoms with Gasteiger partial charge in [0.2, 0.25) is 5.60 Å². The highest BCUT2D eigenvalue weighted by atomic mass is 16.8. The second-order valence-electron chi connectivity index (χ2n) is 6.04. The summed E-state index contributed by atoms with van der Waals surface area (Å²) in [6.07, 6.45) is -0.562. The zero-order valence-corrected chi connectivity index (χ0v) is 10.6. The Labute approximate surface area is 105 Å². The summed E-state index contributed by atoms with van der Waals surface area (Å²) in [6, 6.07) is 0. The van der Waals surface area contributed by atoms with E-state index in [4.69, 9.17) is 9.47 Å². The van der Waals surface area contributed by atoms with E-state index in [-0.39, 0.29) is 12.3 Å². The maximum atomic E-state index is 12.0. The van der Waals surface area contributed by atoms with Crippen LogP contribution >= 0.6 is 0 Å². The van der Waals surface area contributed by atoms with Gasteiger partial charge in [0.05, 0.1) is 6.42 Å². The molecule has 3 saturated heterocycles. The molecule has 3 fully saturated rings. The van der Waals surface area contributed by atoms with Gasteiger partial charge in [-0.15, -0.1) is 0 Å². The lowest BCUT2D eigenvalue weighted by Crippen LogP contribution is -2.59. The monoisotopic (exact) mass is 255 g/mol. The molecule has 0 aromatic carbocycles. The third-order valence-electron chi connectivity index (χ3n) is 3.86. The van der Waals surface area contributed by atoms with Crippen molar-refractivity contribution < 1.29 is 24.2 Å². The van der Waals surface area contributed by atoms with Crippen LogP contribution < -0.4 is 5.32 Å². The van der Waals surface area contributed by atoms with E-state index in [1.807, 2.05) is 13.8 Å². The topological polar surface area (TPSA) is 84.9 Å². The van der Waals surface area contributed by atoms with Crippen LogP contribution in [0.2, 0.25) is 0 Å². The van der Waals surface area contributed by atoms with Gasteiger partial charge in [-0.1, -0.05) is 13.8 Å². The summed E-state index contributed by atoms with van der Waals surface area (Å²) in [5.41, 5.74) is -3.17. The molecule has 3 heterocycles. The van der Waals surface area contributed by atoms with Crippen molar-refractivity contribution in [3.05, 3.63) is 0 Å². The number of rotatable bonds is 2. The Balaban J connectivity index is 2.09. The normalized spacial score (nSPS) is 49.9. The summed E-state index contributed by atoms with van der Waals surface area (Å²) in [5.74, 6) is -2.05. The van der Waals surface area contributed by atoms with E-state index < -0.39 is 34.9 Å². The Kier molecular flexibility index (Phi) is 2.09. The molecule has 2 N–H and O–H groups in total. The van der Waals surface area contributed by atoms with Crippen molar-refractivity contribution in [1.29, 1.82) is 0 Å². The SMILES string of the molecule is CC(C)CC12NC(=O)[C@@]3(O)C(=O)C[C@@](C)(O[C@H]13)O2. The zero-order chi connectivity index (χ0) is 13.3. The van der Waals surface area contributed by atoms with E-state index in [0.717, 1.165) is 0 Å². The molecular formula is C12H17NO5. The summed E-state index contributed by atoms with van der Waals surface area (Å²) in [7, 11) is 0. The average molecular weight is 255 g/mol. The first-order valence-electron chi connectivity index (χ1n) is 6.18. The number of Topliss-reactive ketones (excluding diaryl/α,β-unsaturated/α-hetero) is 1. The smallest absolute Gasteiger partial charge is 0.265 e. The minimum atomic E-state index is -2.09. The van der Waals surface area contributed by atoms with Gasteiger partial charge >= 0.3 is 0 Å². The number of carbonyl (C=O) groups excluding carboxylic acids is 2. The fourth-order valence-corrected chi connectivity index (χ4v) is 3.31. The van der Waals surface area contributed by atoms with Crippen molar-refractivity contribution in [3.63, 3.8) is 0 Å². The number of aliphatic hydroxyl groups is 1. The van der Waals surface area contributed by atoms with Gasteiger partial charge in [0.15, 0.2) is 23.4 Å². The third-order valence-corrected chi connectivity index (χ3v) is 3.86. The molecule has 4 atom stereocenters. The number of hydrogen-bond acceptors (Lipinski definition) is 5. The molecule has 100 valence electrons. The average Bonchev–Trinajstić information content (AvgIpc) is 2.54. The Morgan fingerprint density at radius 3 is 2.78 bits per heavy atom. The van der Waals surface area contributed by atoms with E-state index in [2.05, 4.69) is 5.32 Å². The van der Waals surface area contributed by atoms with Gasteiger partial charge in [0.25, 0.3) is 5.91 Å². The van der Waals surface area contributed by atoms with Crippen LogP contribution in [-0.2, 0) is 19.1 Å². The molecule has 0 spiro atoms. The number of fused-ring (bicyclic) bond motifs is 1. The third kappa shape index (κ3) is 1.23. The molecule has 0 aliphatic carbocycles. The number of ether oxygens (including phenoxy) is 2. The second-order valence-corrected chi connectivity index (χ2v) is 6.04. The number of amides is 1. The highest BCUT2D eigenvalue weighted by molar-refractivity contribution is 6.13. The first-order chi connectivity index (χ1) is 8.22. The van der Waals surface area contributed by atoms with Gasteiger partial charge in [0, 0.05) is 6.42 Å². The predicted octanol–water partition coefficient (Wildman–Crippen LogP) is -0.306. The van der Waals surface area contributed by atoms with Crippen molar-refractivity contribution >= 4 is 11.7 Å². The zero-order valence-electron chi connectivity index (χ0n) is 10.6. The number of hydrogen-bond donors (Lipinski definition) is 2. The maximum Gasteiger partial charge on any atom is 0.265 e. The van der Waals surface area contributed by atoms with Gasteiger partial charge < -0.3 is 19.9 Å². The first-order valence-corrected chi connectivity index (χ1v) is 6.18. The Bertz CT molecular complexity index is 450. The molecule has 3 aliphatic rings. The van der Waals surface area contributed by atoms with Crippen LogP contribution in [-0.4, -0.2) is 40.0 Å². The molecule has 1 amide bonds. The number of nitrogens with one attached hydrogen (secondary N) is 1. The molecule has 1 unspecified atom stereocenters. The highest BCUT2D eigenvalue weighted by Crippen LogP contribution is 2.52. The van der Waals surface area contributed by atoms with Gasteiger partial charge in [-0.05, 0) is 12.8 Å². The number of carbonyl (C=O) groups is 2. The summed E-state index contributed by atoms with van der Waals surface area (Å²) in [6.45, 7) is 5.62. The minimum absolute atomic E-state index is 0.104. The maximum absolute atomic E-state index is 12.0. The van der Waals surface area contributed by atoms with Crippen LogP contribution in [0, 0.1) is 5.92 Å². The molecule has 6 heteroatoms. The first kappa shape index (κ1) is 12.1. The van der Waals surface area contributed by atoms with Gasteiger partial charge in [0.1, 0.15) is 0 Å². The molecule has 0 saturated carbocycles. The highest BCUT2D eigenvalue weighted by Gasteiger charge is 2.77. The van der Waals surface area contributed by atoms with E-state index in [1.54, 1.807) is 6.92 Å². The largest absolute Gasteiger partial charge is 0.371 e. The molecule has 18 heavy (non-hydrogen) atoms. The minimum Gasteiger partial charge on any atom is -0.371 e. The van der Waals surface area contributed by atoms with Gasteiger partial charge in [-0.3, -0.25) is 9.59 Å². The molecule has 3 rings (SSSR count). The quantitative estimate of drug-likeness (QED) is 0.661. The fourth-order valence-electron chi connectivity index (χ4n) is 3.31. The molecule has 0 radical (unpaired) electrons. The van der Waals surface area contributed by atoms with Crippen molar-refractivity contribution in [2.45, 2.75) is 56.8 Å².